The molecule has 0 fully saturated rings. The molecular weight excluding hydrogens is 255 g/mol. The molecule has 0 saturated carbocycles. The van der Waals surface area contributed by atoms with Gasteiger partial charge >= 0.3 is 6.18 Å². The van der Waals surface area contributed by atoms with Crippen molar-refractivity contribution in [3.05, 3.63) is 29.8 Å². The molecule has 1 N–H and O–H groups in total. The molecule has 0 aliphatic rings. The van der Waals surface area contributed by atoms with E-state index in [1.165, 1.54) is 0 Å². The highest BCUT2D eigenvalue weighted by atomic mass is 19.4. The van der Waals surface area contributed by atoms with Crippen molar-refractivity contribution in [2.24, 2.45) is 0 Å². The average Bonchev–Trinajstić information content (AvgIpc) is 2.32. The van der Waals surface area contributed by atoms with Gasteiger partial charge in [0.05, 0.1) is 6.61 Å². The van der Waals surface area contributed by atoms with Crippen LogP contribution in [0.4, 0.5) is 13.2 Å². The first-order chi connectivity index (χ1) is 8.87. The van der Waals surface area contributed by atoms with Gasteiger partial charge in [0.1, 0.15) is 5.75 Å². The quantitative estimate of drug-likeness (QED) is 0.762. The predicted molar refractivity (Wildman–Crippen MR) is 69.2 cm³/mol. The summed E-state index contributed by atoms with van der Waals surface area (Å²) in [6.45, 7) is 4.99. The summed E-state index contributed by atoms with van der Waals surface area (Å²) < 4.78 is 41.0. The van der Waals surface area contributed by atoms with Gasteiger partial charge in [0.25, 0.3) is 0 Å². The molecule has 1 aromatic carbocycles. The van der Waals surface area contributed by atoms with Crippen LogP contribution >= 0.6 is 0 Å². The number of halogens is 3. The molecule has 0 bridgehead atoms. The Bertz CT molecular complexity index is 360. The van der Waals surface area contributed by atoms with Crippen LogP contribution < -0.4 is 10.1 Å². The second-order valence-corrected chi connectivity index (χ2v) is 4.75. The van der Waals surface area contributed by atoms with Crippen LogP contribution in [0.25, 0.3) is 0 Å². The van der Waals surface area contributed by atoms with E-state index >= 15 is 0 Å². The molecule has 1 aromatic rings. The van der Waals surface area contributed by atoms with Crippen LogP contribution in [0.15, 0.2) is 24.3 Å². The van der Waals surface area contributed by atoms with Crippen LogP contribution in [0.2, 0.25) is 0 Å². The maximum Gasteiger partial charge on any atom is 0.389 e. The summed E-state index contributed by atoms with van der Waals surface area (Å²) in [4.78, 5) is 0. The lowest BCUT2D eigenvalue weighted by molar-refractivity contribution is -0.136. The molecule has 0 saturated heterocycles. The Hall–Kier alpha value is -1.23. The maximum absolute atomic E-state index is 11.9. The molecule has 0 spiro atoms. The number of hydrogen-bond acceptors (Lipinski definition) is 2. The fraction of sp³-hybridized carbons (Fsp3) is 0.571. The lowest BCUT2D eigenvalue weighted by Crippen LogP contribution is -2.21. The zero-order chi connectivity index (χ0) is 14.3. The molecule has 0 aliphatic carbocycles. The number of nitrogens with one attached hydrogen (secondary N) is 1. The van der Waals surface area contributed by atoms with Crippen molar-refractivity contribution >= 4 is 0 Å². The van der Waals surface area contributed by atoms with Crippen molar-refractivity contribution in [3.63, 3.8) is 0 Å². The van der Waals surface area contributed by atoms with E-state index in [0.717, 1.165) is 12.1 Å². The third-order valence-corrected chi connectivity index (χ3v) is 2.51. The Morgan fingerprint density at radius 2 is 1.79 bits per heavy atom. The van der Waals surface area contributed by atoms with Gasteiger partial charge in [0, 0.05) is 19.0 Å². The first-order valence-electron chi connectivity index (χ1n) is 6.39. The van der Waals surface area contributed by atoms with Gasteiger partial charge < -0.3 is 10.1 Å². The van der Waals surface area contributed by atoms with E-state index in [2.05, 4.69) is 19.2 Å². The second kappa shape index (κ2) is 7.38. The molecule has 0 atom stereocenters. The molecule has 108 valence electrons. The Morgan fingerprint density at radius 1 is 1.16 bits per heavy atom. The molecule has 0 aliphatic heterocycles. The Kier molecular flexibility index (Phi) is 6.15. The zero-order valence-electron chi connectivity index (χ0n) is 11.3. The van der Waals surface area contributed by atoms with Crippen LogP contribution in [-0.4, -0.2) is 18.8 Å². The van der Waals surface area contributed by atoms with E-state index in [-0.39, 0.29) is 13.0 Å². The highest BCUT2D eigenvalue weighted by Gasteiger charge is 2.26. The summed E-state index contributed by atoms with van der Waals surface area (Å²) in [6, 6.07) is 7.80. The van der Waals surface area contributed by atoms with Crippen molar-refractivity contribution < 1.29 is 17.9 Å². The van der Waals surface area contributed by atoms with Gasteiger partial charge in [0.15, 0.2) is 0 Å². The Balaban J connectivity index is 2.28. The van der Waals surface area contributed by atoms with Crippen LogP contribution in [0.5, 0.6) is 5.75 Å². The van der Waals surface area contributed by atoms with E-state index in [0.29, 0.717) is 11.8 Å². The molecule has 1 rings (SSSR count). The summed E-state index contributed by atoms with van der Waals surface area (Å²) in [5.41, 5.74) is 1.12. The second-order valence-electron chi connectivity index (χ2n) is 4.75. The van der Waals surface area contributed by atoms with Gasteiger partial charge in [-0.15, -0.1) is 0 Å². The van der Waals surface area contributed by atoms with E-state index in [1.54, 1.807) is 12.1 Å². The largest absolute Gasteiger partial charge is 0.494 e. The third kappa shape index (κ3) is 7.72. The molecule has 0 unspecified atom stereocenters. The molecular formula is C14H20F3NO. The minimum atomic E-state index is -4.10. The molecule has 0 amide bonds. The smallest absolute Gasteiger partial charge is 0.389 e. The topological polar surface area (TPSA) is 21.3 Å². The number of alkyl halides is 3. The lowest BCUT2D eigenvalue weighted by atomic mass is 10.2. The number of ether oxygens (including phenoxy) is 1. The maximum atomic E-state index is 11.9. The van der Waals surface area contributed by atoms with Gasteiger partial charge in [-0.05, 0) is 24.1 Å². The highest BCUT2D eigenvalue weighted by molar-refractivity contribution is 5.27. The van der Waals surface area contributed by atoms with Gasteiger partial charge in [-0.3, -0.25) is 0 Å². The molecule has 5 heteroatoms. The van der Waals surface area contributed by atoms with E-state index in [9.17, 15) is 13.2 Å². The summed E-state index contributed by atoms with van der Waals surface area (Å²) in [6.07, 6.45) is -4.92. The minimum absolute atomic E-state index is 0.0137. The molecule has 19 heavy (non-hydrogen) atoms. The predicted octanol–water partition coefficient (Wildman–Crippen LogP) is 3.91. The number of rotatable bonds is 7. The average molecular weight is 275 g/mol. The van der Waals surface area contributed by atoms with E-state index in [1.807, 2.05) is 12.1 Å². The van der Waals surface area contributed by atoms with Gasteiger partial charge in [-0.25, -0.2) is 0 Å². The first kappa shape index (κ1) is 15.8. The lowest BCUT2D eigenvalue weighted by Gasteiger charge is -2.10. The number of benzene rings is 1. The summed E-state index contributed by atoms with van der Waals surface area (Å²) in [5.74, 6) is 0.607. The summed E-state index contributed by atoms with van der Waals surface area (Å²) >= 11 is 0. The van der Waals surface area contributed by atoms with E-state index in [4.69, 9.17) is 4.74 Å². The minimum Gasteiger partial charge on any atom is -0.494 e. The van der Waals surface area contributed by atoms with Crippen molar-refractivity contribution in [1.82, 2.24) is 5.32 Å². The van der Waals surface area contributed by atoms with Crippen molar-refractivity contribution in [2.45, 2.75) is 45.5 Å². The van der Waals surface area contributed by atoms with Gasteiger partial charge in [-0.2, -0.15) is 13.2 Å². The molecule has 0 heterocycles. The van der Waals surface area contributed by atoms with Crippen LogP contribution in [0, 0.1) is 0 Å². The fourth-order valence-electron chi connectivity index (χ4n) is 1.49. The molecule has 0 aromatic heterocycles. The van der Waals surface area contributed by atoms with Gasteiger partial charge in [-0.1, -0.05) is 26.0 Å². The molecule has 0 radical (unpaired) electrons. The highest BCUT2D eigenvalue weighted by Crippen LogP contribution is 2.21. The fourth-order valence-corrected chi connectivity index (χ4v) is 1.49. The van der Waals surface area contributed by atoms with Crippen LogP contribution in [0.3, 0.4) is 0 Å². The Labute approximate surface area is 112 Å². The Morgan fingerprint density at radius 3 is 2.32 bits per heavy atom. The van der Waals surface area contributed by atoms with Crippen LogP contribution in [-0.2, 0) is 6.54 Å². The van der Waals surface area contributed by atoms with Gasteiger partial charge in [0.2, 0.25) is 0 Å². The zero-order valence-corrected chi connectivity index (χ0v) is 11.3. The standard InChI is InChI=1S/C14H20F3NO/c1-11(2)18-10-12-4-6-13(7-5-12)19-9-3-8-14(15,16)17/h4-7,11,18H,3,8-10H2,1-2H3. The van der Waals surface area contributed by atoms with Crippen LogP contribution in [0.1, 0.15) is 32.3 Å². The summed E-state index contributed by atoms with van der Waals surface area (Å²) in [7, 11) is 0. The number of hydrogen-bond donors (Lipinski definition) is 1. The van der Waals surface area contributed by atoms with Crippen molar-refractivity contribution in [2.75, 3.05) is 6.61 Å². The SMILES string of the molecule is CC(C)NCc1ccc(OCCCC(F)(F)F)cc1. The third-order valence-electron chi connectivity index (χ3n) is 2.51. The first-order valence-corrected chi connectivity index (χ1v) is 6.39. The monoisotopic (exact) mass is 275 g/mol. The summed E-state index contributed by atoms with van der Waals surface area (Å²) in [5, 5.41) is 3.28. The van der Waals surface area contributed by atoms with Crippen molar-refractivity contribution in [3.8, 4) is 5.75 Å². The molecule has 2 nitrogen and oxygen atoms in total. The normalized spacial score (nSPS) is 11.9. The van der Waals surface area contributed by atoms with Crippen molar-refractivity contribution in [1.29, 1.82) is 0 Å². The van der Waals surface area contributed by atoms with E-state index < -0.39 is 12.6 Å².